The van der Waals surface area contributed by atoms with E-state index in [1.807, 2.05) is 49.0 Å². The predicted molar refractivity (Wildman–Crippen MR) is 77.3 cm³/mol. The summed E-state index contributed by atoms with van der Waals surface area (Å²) in [7, 11) is 1.97. The molecular weight excluding hydrogens is 260 g/mol. The molecule has 1 aromatic carbocycles. The Morgan fingerprint density at radius 1 is 1.32 bits per heavy atom. The largest absolute Gasteiger partial charge is 0.390 e. The molecule has 1 unspecified atom stereocenters. The van der Waals surface area contributed by atoms with Crippen molar-refractivity contribution < 1.29 is 5.11 Å². The average Bonchev–Trinajstić information content (AvgIpc) is 2.75. The summed E-state index contributed by atoms with van der Waals surface area (Å²) in [6, 6.07) is 7.62. The number of imidazole rings is 1. The lowest BCUT2D eigenvalue weighted by Crippen LogP contribution is -2.28. The summed E-state index contributed by atoms with van der Waals surface area (Å²) in [4.78, 5) is 4.27. The molecule has 0 saturated carbocycles. The summed E-state index contributed by atoms with van der Waals surface area (Å²) < 4.78 is 1.98. The second kappa shape index (κ2) is 5.76. The van der Waals surface area contributed by atoms with Crippen LogP contribution >= 0.6 is 11.6 Å². The zero-order valence-electron chi connectivity index (χ0n) is 11.3. The van der Waals surface area contributed by atoms with E-state index in [1.165, 1.54) is 0 Å². The summed E-state index contributed by atoms with van der Waals surface area (Å²) in [6.07, 6.45) is 5.77. The molecule has 0 spiro atoms. The number of nitrogens with zero attached hydrogens (tertiary/aromatic N) is 2. The Bertz CT molecular complexity index is 531. The number of halogens is 1. The first kappa shape index (κ1) is 14.1. The Balaban J connectivity index is 1.94. The monoisotopic (exact) mass is 278 g/mol. The van der Waals surface area contributed by atoms with Crippen molar-refractivity contribution in [3.05, 3.63) is 53.1 Å². The zero-order chi connectivity index (χ0) is 13.9. The first-order valence-electron chi connectivity index (χ1n) is 6.39. The molecule has 0 aliphatic rings. The van der Waals surface area contributed by atoms with E-state index in [-0.39, 0.29) is 0 Å². The first-order chi connectivity index (χ1) is 8.96. The Morgan fingerprint density at radius 3 is 2.58 bits per heavy atom. The highest BCUT2D eigenvalue weighted by molar-refractivity contribution is 6.30. The van der Waals surface area contributed by atoms with E-state index in [1.54, 1.807) is 6.20 Å². The van der Waals surface area contributed by atoms with Crippen molar-refractivity contribution in [2.45, 2.75) is 31.8 Å². The van der Waals surface area contributed by atoms with Gasteiger partial charge in [0.05, 0.1) is 5.60 Å². The van der Waals surface area contributed by atoms with Crippen molar-refractivity contribution in [1.82, 2.24) is 9.55 Å². The van der Waals surface area contributed by atoms with Crippen molar-refractivity contribution in [2.75, 3.05) is 0 Å². The number of hydrogen-bond donors (Lipinski definition) is 1. The Hall–Kier alpha value is -1.32. The van der Waals surface area contributed by atoms with Gasteiger partial charge in [0.1, 0.15) is 5.82 Å². The van der Waals surface area contributed by atoms with Crippen LogP contribution in [0.4, 0.5) is 0 Å². The molecule has 1 heterocycles. The van der Waals surface area contributed by atoms with Crippen LogP contribution in [0.1, 0.15) is 24.7 Å². The Labute approximate surface area is 118 Å². The van der Waals surface area contributed by atoms with Gasteiger partial charge in [0, 0.05) is 37.3 Å². The van der Waals surface area contributed by atoms with Gasteiger partial charge in [-0.15, -0.1) is 0 Å². The number of hydrogen-bond acceptors (Lipinski definition) is 2. The van der Waals surface area contributed by atoms with E-state index in [0.717, 1.165) is 22.8 Å². The van der Waals surface area contributed by atoms with Crippen molar-refractivity contribution in [1.29, 1.82) is 0 Å². The highest BCUT2D eigenvalue weighted by atomic mass is 35.5. The van der Waals surface area contributed by atoms with Crippen molar-refractivity contribution in [3.8, 4) is 0 Å². The van der Waals surface area contributed by atoms with E-state index >= 15 is 0 Å². The predicted octanol–water partition coefficient (Wildman–Crippen LogP) is 3.00. The third kappa shape index (κ3) is 4.08. The molecule has 3 nitrogen and oxygen atoms in total. The lowest BCUT2D eigenvalue weighted by atomic mass is 9.92. The van der Waals surface area contributed by atoms with Crippen LogP contribution in [-0.2, 0) is 19.9 Å². The third-order valence-corrected chi connectivity index (χ3v) is 3.56. The summed E-state index contributed by atoms with van der Waals surface area (Å²) in [6.45, 7) is 1.87. The number of aromatic nitrogens is 2. The normalized spacial score (nSPS) is 14.3. The molecule has 0 aliphatic heterocycles. The quantitative estimate of drug-likeness (QED) is 0.913. The van der Waals surface area contributed by atoms with Crippen molar-refractivity contribution in [3.63, 3.8) is 0 Å². The van der Waals surface area contributed by atoms with Gasteiger partial charge in [-0.1, -0.05) is 23.7 Å². The van der Waals surface area contributed by atoms with Crippen LogP contribution < -0.4 is 0 Å². The summed E-state index contributed by atoms with van der Waals surface area (Å²) >= 11 is 5.86. The van der Waals surface area contributed by atoms with Crippen LogP contribution in [0.5, 0.6) is 0 Å². The van der Waals surface area contributed by atoms with E-state index in [0.29, 0.717) is 12.8 Å². The van der Waals surface area contributed by atoms with Gasteiger partial charge in [-0.05, 0) is 31.0 Å². The van der Waals surface area contributed by atoms with E-state index in [9.17, 15) is 5.11 Å². The van der Waals surface area contributed by atoms with Gasteiger partial charge in [0.25, 0.3) is 0 Å². The standard InChI is InChI=1S/C15H19ClN2O/c1-15(19,8-7-14-17-9-10-18(14)2)11-12-3-5-13(16)6-4-12/h3-6,9-10,19H,7-8,11H2,1-2H3. The fraction of sp³-hybridized carbons (Fsp3) is 0.400. The van der Waals surface area contributed by atoms with Crippen LogP contribution in [0.15, 0.2) is 36.7 Å². The summed E-state index contributed by atoms with van der Waals surface area (Å²) in [5.74, 6) is 0.997. The van der Waals surface area contributed by atoms with Crippen LogP contribution in [-0.4, -0.2) is 20.3 Å². The van der Waals surface area contributed by atoms with Crippen molar-refractivity contribution in [2.24, 2.45) is 7.05 Å². The van der Waals surface area contributed by atoms with Crippen LogP contribution in [0.3, 0.4) is 0 Å². The number of benzene rings is 1. The van der Waals surface area contributed by atoms with E-state index < -0.39 is 5.60 Å². The molecule has 1 aromatic heterocycles. The SMILES string of the molecule is Cn1ccnc1CCC(C)(O)Cc1ccc(Cl)cc1. The fourth-order valence-corrected chi connectivity index (χ4v) is 2.27. The van der Waals surface area contributed by atoms with Gasteiger partial charge in [-0.3, -0.25) is 0 Å². The lowest BCUT2D eigenvalue weighted by molar-refractivity contribution is 0.0509. The minimum atomic E-state index is -0.736. The third-order valence-electron chi connectivity index (χ3n) is 3.31. The van der Waals surface area contributed by atoms with Crippen LogP contribution in [0.2, 0.25) is 5.02 Å². The fourth-order valence-electron chi connectivity index (χ4n) is 2.15. The molecule has 1 atom stereocenters. The second-order valence-corrected chi connectivity index (χ2v) is 5.69. The van der Waals surface area contributed by atoms with Gasteiger partial charge in [-0.2, -0.15) is 0 Å². The maximum absolute atomic E-state index is 10.5. The maximum atomic E-state index is 10.5. The molecule has 2 aromatic rings. The topological polar surface area (TPSA) is 38.0 Å². The van der Waals surface area contributed by atoms with E-state index in [4.69, 9.17) is 11.6 Å². The minimum absolute atomic E-state index is 0.620. The molecule has 4 heteroatoms. The molecule has 1 N–H and O–H groups in total. The summed E-state index contributed by atoms with van der Waals surface area (Å²) in [5.41, 5.74) is 0.356. The molecule has 0 radical (unpaired) electrons. The van der Waals surface area contributed by atoms with Gasteiger partial charge < -0.3 is 9.67 Å². The zero-order valence-corrected chi connectivity index (χ0v) is 12.1. The number of aliphatic hydroxyl groups is 1. The first-order valence-corrected chi connectivity index (χ1v) is 6.77. The molecule has 0 fully saturated rings. The highest BCUT2D eigenvalue weighted by Crippen LogP contribution is 2.20. The molecular formula is C15H19ClN2O. The average molecular weight is 279 g/mol. The van der Waals surface area contributed by atoms with Gasteiger partial charge in [0.15, 0.2) is 0 Å². The van der Waals surface area contributed by atoms with Gasteiger partial charge in [0.2, 0.25) is 0 Å². The molecule has 0 bridgehead atoms. The maximum Gasteiger partial charge on any atom is 0.108 e. The lowest BCUT2D eigenvalue weighted by Gasteiger charge is -2.23. The Kier molecular flexibility index (Phi) is 4.27. The van der Waals surface area contributed by atoms with Crippen molar-refractivity contribution >= 4 is 11.6 Å². The smallest absolute Gasteiger partial charge is 0.108 e. The molecule has 0 aliphatic carbocycles. The Morgan fingerprint density at radius 2 is 2.00 bits per heavy atom. The van der Waals surface area contributed by atoms with Crippen LogP contribution in [0, 0.1) is 0 Å². The van der Waals surface area contributed by atoms with E-state index in [2.05, 4.69) is 4.98 Å². The number of rotatable bonds is 5. The van der Waals surface area contributed by atoms with Crippen LogP contribution in [0.25, 0.3) is 0 Å². The molecule has 0 amide bonds. The summed E-state index contributed by atoms with van der Waals surface area (Å²) in [5, 5.41) is 11.2. The van der Waals surface area contributed by atoms with Gasteiger partial charge in [-0.25, -0.2) is 4.98 Å². The minimum Gasteiger partial charge on any atom is -0.390 e. The molecule has 0 saturated heterocycles. The highest BCUT2D eigenvalue weighted by Gasteiger charge is 2.21. The molecule has 19 heavy (non-hydrogen) atoms. The molecule has 102 valence electrons. The number of aryl methyl sites for hydroxylation is 2. The van der Waals surface area contributed by atoms with Gasteiger partial charge >= 0.3 is 0 Å². The molecule has 2 rings (SSSR count). The second-order valence-electron chi connectivity index (χ2n) is 5.25.